The number of alkyl halides is 3. The van der Waals surface area contributed by atoms with Gasteiger partial charge in [-0.25, -0.2) is 0 Å². The molecule has 38 heavy (non-hydrogen) atoms. The highest BCUT2D eigenvalue weighted by Gasteiger charge is 2.40. The van der Waals surface area contributed by atoms with Gasteiger partial charge in [-0.15, -0.1) is 0 Å². The maximum absolute atomic E-state index is 13.2. The van der Waals surface area contributed by atoms with Gasteiger partial charge in [0.2, 0.25) is 5.76 Å². The Balaban J connectivity index is 1.18. The van der Waals surface area contributed by atoms with E-state index in [0.29, 0.717) is 35.9 Å². The highest BCUT2D eigenvalue weighted by Crippen LogP contribution is 2.35. The van der Waals surface area contributed by atoms with E-state index in [4.69, 9.17) is 0 Å². The van der Waals surface area contributed by atoms with E-state index in [1.165, 1.54) is 6.92 Å². The van der Waals surface area contributed by atoms with Crippen LogP contribution in [0.1, 0.15) is 56.7 Å². The third kappa shape index (κ3) is 5.31. The van der Waals surface area contributed by atoms with E-state index < -0.39 is 23.4 Å². The number of anilines is 1. The van der Waals surface area contributed by atoms with Crippen molar-refractivity contribution in [3.05, 3.63) is 89.1 Å². The van der Waals surface area contributed by atoms with Crippen LogP contribution < -0.4 is 5.32 Å². The first-order valence-corrected chi connectivity index (χ1v) is 12.0. The summed E-state index contributed by atoms with van der Waals surface area (Å²) in [5.41, 5.74) is 2.55. The SMILES string of the molecule is Cc1cc(C(=O)Nc2ccc(C3CCN(C(=O)c4cc(-c5ccccn5)n[nH]4)CC3)cc2)c(C(F)(F)F)o1. The maximum atomic E-state index is 13.2. The van der Waals surface area contributed by atoms with Crippen LogP contribution in [0.25, 0.3) is 11.4 Å². The summed E-state index contributed by atoms with van der Waals surface area (Å²) in [5, 5.41) is 9.51. The number of nitrogens with zero attached hydrogens (tertiary/aromatic N) is 3. The highest BCUT2D eigenvalue weighted by molar-refractivity contribution is 6.05. The molecule has 4 aromatic rings. The van der Waals surface area contributed by atoms with Crippen LogP contribution in [0.2, 0.25) is 0 Å². The number of carbonyl (C=O) groups excluding carboxylic acids is 2. The molecule has 0 bridgehead atoms. The summed E-state index contributed by atoms with van der Waals surface area (Å²) in [4.78, 5) is 31.5. The minimum Gasteiger partial charge on any atom is -0.456 e. The Kier molecular flexibility index (Phi) is 6.75. The molecule has 0 atom stereocenters. The first kappa shape index (κ1) is 25.2. The van der Waals surface area contributed by atoms with Crippen molar-refractivity contribution < 1.29 is 27.2 Å². The molecule has 196 valence electrons. The first-order valence-electron chi connectivity index (χ1n) is 12.0. The lowest BCUT2D eigenvalue weighted by Gasteiger charge is -2.32. The van der Waals surface area contributed by atoms with E-state index in [2.05, 4.69) is 24.9 Å². The normalized spacial score (nSPS) is 14.5. The first-order chi connectivity index (χ1) is 18.2. The summed E-state index contributed by atoms with van der Waals surface area (Å²) in [6.07, 6.45) is -1.59. The van der Waals surface area contributed by atoms with Gasteiger partial charge < -0.3 is 14.6 Å². The van der Waals surface area contributed by atoms with Crippen LogP contribution >= 0.6 is 0 Å². The Morgan fingerprint density at radius 3 is 2.45 bits per heavy atom. The monoisotopic (exact) mass is 523 g/mol. The third-order valence-corrected chi connectivity index (χ3v) is 6.52. The average molecular weight is 524 g/mol. The van der Waals surface area contributed by atoms with Gasteiger partial charge in [-0.1, -0.05) is 18.2 Å². The molecule has 0 saturated carbocycles. The van der Waals surface area contributed by atoms with E-state index in [-0.39, 0.29) is 17.6 Å². The van der Waals surface area contributed by atoms with Gasteiger partial charge in [0.1, 0.15) is 17.1 Å². The zero-order valence-electron chi connectivity index (χ0n) is 20.4. The molecule has 0 aliphatic carbocycles. The third-order valence-electron chi connectivity index (χ3n) is 6.52. The van der Waals surface area contributed by atoms with Gasteiger partial charge in [-0.2, -0.15) is 18.3 Å². The fourth-order valence-corrected chi connectivity index (χ4v) is 4.59. The molecular weight excluding hydrogens is 499 g/mol. The zero-order valence-corrected chi connectivity index (χ0v) is 20.4. The minimum atomic E-state index is -4.76. The van der Waals surface area contributed by atoms with Crippen LogP contribution in [0.4, 0.5) is 18.9 Å². The standard InChI is InChI=1S/C27H24F3N5O3/c1-16-14-20(24(38-16)27(28,29)30)25(36)32-19-7-5-17(6-8-19)18-9-12-35(13-10-18)26(37)23-15-22(33-34-23)21-4-2-3-11-31-21/h2-8,11,14-15,18H,9-10,12-13H2,1H3,(H,32,36)(H,33,34). The van der Waals surface area contributed by atoms with Crippen LogP contribution in [0.3, 0.4) is 0 Å². The quantitative estimate of drug-likeness (QED) is 0.351. The second-order valence-corrected chi connectivity index (χ2v) is 9.12. The van der Waals surface area contributed by atoms with Gasteiger partial charge in [0.05, 0.1) is 11.3 Å². The zero-order chi connectivity index (χ0) is 26.9. The number of aryl methyl sites for hydroxylation is 1. The van der Waals surface area contributed by atoms with Crippen molar-refractivity contribution in [3.8, 4) is 11.4 Å². The average Bonchev–Trinajstić information content (AvgIpc) is 3.57. The van der Waals surface area contributed by atoms with Crippen LogP contribution in [0.15, 0.2) is 65.2 Å². The number of rotatable bonds is 5. The summed E-state index contributed by atoms with van der Waals surface area (Å²) in [6, 6.07) is 15.3. The van der Waals surface area contributed by atoms with Gasteiger partial charge in [-0.05, 0) is 67.6 Å². The number of piperidine rings is 1. The number of aromatic nitrogens is 3. The number of pyridine rings is 1. The van der Waals surface area contributed by atoms with Crippen molar-refractivity contribution in [2.45, 2.75) is 31.9 Å². The molecule has 2 amide bonds. The number of furan rings is 1. The Hall–Kier alpha value is -4.41. The van der Waals surface area contributed by atoms with Gasteiger partial charge in [0, 0.05) is 25.0 Å². The predicted octanol–water partition coefficient (Wildman–Crippen LogP) is 5.66. The molecule has 3 aromatic heterocycles. The highest BCUT2D eigenvalue weighted by atomic mass is 19.4. The molecule has 8 nitrogen and oxygen atoms in total. The van der Waals surface area contributed by atoms with Crippen LogP contribution in [0.5, 0.6) is 0 Å². The Morgan fingerprint density at radius 2 is 1.79 bits per heavy atom. The largest absolute Gasteiger partial charge is 0.456 e. The van der Waals surface area contributed by atoms with Crippen molar-refractivity contribution in [1.82, 2.24) is 20.1 Å². The number of hydrogen-bond acceptors (Lipinski definition) is 5. The molecule has 4 heterocycles. The van der Waals surface area contributed by atoms with Crippen molar-refractivity contribution in [3.63, 3.8) is 0 Å². The molecule has 1 aromatic carbocycles. The molecule has 11 heteroatoms. The van der Waals surface area contributed by atoms with E-state index >= 15 is 0 Å². The van der Waals surface area contributed by atoms with E-state index in [9.17, 15) is 22.8 Å². The molecule has 1 fully saturated rings. The van der Waals surface area contributed by atoms with Gasteiger partial charge in [0.15, 0.2) is 0 Å². The molecular formula is C27H24F3N5O3. The number of hydrogen-bond donors (Lipinski definition) is 2. The molecule has 1 saturated heterocycles. The molecule has 1 aliphatic rings. The number of aromatic amines is 1. The summed E-state index contributed by atoms with van der Waals surface area (Å²) in [5.74, 6) is -2.11. The number of H-pyrrole nitrogens is 1. The van der Waals surface area contributed by atoms with Crippen molar-refractivity contribution in [1.29, 1.82) is 0 Å². The van der Waals surface area contributed by atoms with E-state index in [1.807, 2.05) is 30.3 Å². The number of likely N-dealkylation sites (tertiary alicyclic amines) is 1. The van der Waals surface area contributed by atoms with E-state index in [1.54, 1.807) is 29.3 Å². The smallest absolute Gasteiger partial charge is 0.450 e. The van der Waals surface area contributed by atoms with Gasteiger partial charge in [0.25, 0.3) is 11.8 Å². The van der Waals surface area contributed by atoms with Crippen LogP contribution in [0, 0.1) is 6.92 Å². The number of nitrogens with one attached hydrogen (secondary N) is 2. The maximum Gasteiger partial charge on any atom is 0.450 e. The molecule has 2 N–H and O–H groups in total. The Bertz CT molecular complexity index is 1440. The second kappa shape index (κ2) is 10.2. The Morgan fingerprint density at radius 1 is 1.05 bits per heavy atom. The number of benzene rings is 1. The number of carbonyl (C=O) groups is 2. The van der Waals surface area contributed by atoms with E-state index in [0.717, 1.165) is 24.5 Å². The molecule has 1 aliphatic heterocycles. The molecule has 5 rings (SSSR count). The summed E-state index contributed by atoms with van der Waals surface area (Å²) in [6.45, 7) is 2.49. The summed E-state index contributed by atoms with van der Waals surface area (Å²) in [7, 11) is 0. The van der Waals surface area contributed by atoms with Crippen LogP contribution in [-0.4, -0.2) is 45.0 Å². The lowest BCUT2D eigenvalue weighted by atomic mass is 9.89. The fourth-order valence-electron chi connectivity index (χ4n) is 4.59. The van der Waals surface area contributed by atoms with Gasteiger partial charge in [-0.3, -0.25) is 19.7 Å². The minimum absolute atomic E-state index is 0.00354. The molecule has 0 spiro atoms. The number of amides is 2. The van der Waals surface area contributed by atoms with Crippen molar-refractivity contribution >= 4 is 17.5 Å². The Labute approximate surface area is 215 Å². The lowest BCUT2D eigenvalue weighted by molar-refractivity contribution is -0.153. The second-order valence-electron chi connectivity index (χ2n) is 9.12. The van der Waals surface area contributed by atoms with Gasteiger partial charge >= 0.3 is 6.18 Å². The number of halogens is 3. The van der Waals surface area contributed by atoms with Crippen molar-refractivity contribution in [2.75, 3.05) is 18.4 Å². The van der Waals surface area contributed by atoms with Crippen molar-refractivity contribution in [2.24, 2.45) is 0 Å². The van der Waals surface area contributed by atoms with Crippen LogP contribution in [-0.2, 0) is 6.18 Å². The predicted molar refractivity (Wildman–Crippen MR) is 133 cm³/mol. The molecule has 0 radical (unpaired) electrons. The fraction of sp³-hybridized carbons (Fsp3) is 0.259. The summed E-state index contributed by atoms with van der Waals surface area (Å²) < 4.78 is 44.2. The molecule has 0 unspecified atom stereocenters. The topological polar surface area (TPSA) is 104 Å². The lowest BCUT2D eigenvalue weighted by Crippen LogP contribution is -2.38. The summed E-state index contributed by atoms with van der Waals surface area (Å²) >= 11 is 0.